The maximum Gasteiger partial charge on any atom is 0.248 e. The van der Waals surface area contributed by atoms with Crippen molar-refractivity contribution in [2.24, 2.45) is 0 Å². The van der Waals surface area contributed by atoms with Crippen LogP contribution < -0.4 is 14.4 Å². The molecule has 0 aliphatic rings. The molecule has 0 aliphatic heterocycles. The molecule has 1 amide bonds. The highest BCUT2D eigenvalue weighted by Crippen LogP contribution is 2.27. The summed E-state index contributed by atoms with van der Waals surface area (Å²) in [6.45, 7) is 1.75. The molecule has 0 radical (unpaired) electrons. The van der Waals surface area contributed by atoms with Gasteiger partial charge in [-0.05, 0) is 36.2 Å². The van der Waals surface area contributed by atoms with E-state index in [9.17, 15) is 13.2 Å². The summed E-state index contributed by atoms with van der Waals surface area (Å²) in [6, 6.07) is 14.6. The summed E-state index contributed by atoms with van der Waals surface area (Å²) in [5.41, 5.74) is 1.72. The van der Waals surface area contributed by atoms with Crippen LogP contribution in [0.2, 0.25) is 0 Å². The Morgan fingerprint density at radius 2 is 1.93 bits per heavy atom. The summed E-state index contributed by atoms with van der Waals surface area (Å²) in [7, 11) is -2.23. The first-order valence-electron chi connectivity index (χ1n) is 8.70. The number of carbonyl (C=O) groups excluding carboxylic acids is 1. The maximum atomic E-state index is 12.9. The summed E-state index contributed by atoms with van der Waals surface area (Å²) in [4.78, 5) is 12.9. The van der Waals surface area contributed by atoms with Crippen molar-refractivity contribution in [3.05, 3.63) is 54.1 Å². The Morgan fingerprint density at radius 3 is 2.46 bits per heavy atom. The summed E-state index contributed by atoms with van der Waals surface area (Å²) in [5, 5.41) is 11.5. The van der Waals surface area contributed by atoms with Gasteiger partial charge in [-0.1, -0.05) is 25.1 Å². The molecule has 0 saturated heterocycles. The molecule has 1 N–H and O–H groups in total. The van der Waals surface area contributed by atoms with Crippen LogP contribution in [0.25, 0.3) is 0 Å². The van der Waals surface area contributed by atoms with E-state index in [-0.39, 0.29) is 12.8 Å². The minimum absolute atomic E-state index is 0.280. The van der Waals surface area contributed by atoms with Gasteiger partial charge in [-0.2, -0.15) is 5.26 Å². The second kappa shape index (κ2) is 9.24. The van der Waals surface area contributed by atoms with Gasteiger partial charge < -0.3 is 10.1 Å². The van der Waals surface area contributed by atoms with Gasteiger partial charge in [0.15, 0.2) is 0 Å². The molecule has 0 heterocycles. The standard InChI is InChI=1S/C20H23N3O4S/c1-4-19(20(24)22-16-10-8-15(9-11-16)12-13-21)23(28(3,25)26)17-6-5-7-18(14-17)27-2/h5-11,14,19H,4,12H2,1-3H3,(H,22,24)/t19-/m1/s1. The zero-order valence-electron chi connectivity index (χ0n) is 16.0. The van der Waals surface area contributed by atoms with Crippen LogP contribution in [0.15, 0.2) is 48.5 Å². The molecule has 2 aromatic rings. The summed E-state index contributed by atoms with van der Waals surface area (Å²) < 4.78 is 31.2. The fourth-order valence-electron chi connectivity index (χ4n) is 2.83. The minimum atomic E-state index is -3.72. The second-order valence-electron chi connectivity index (χ2n) is 6.21. The largest absolute Gasteiger partial charge is 0.497 e. The summed E-state index contributed by atoms with van der Waals surface area (Å²) in [5.74, 6) is 0.0540. The van der Waals surface area contributed by atoms with E-state index in [2.05, 4.69) is 11.4 Å². The van der Waals surface area contributed by atoms with Gasteiger partial charge in [0.2, 0.25) is 15.9 Å². The summed E-state index contributed by atoms with van der Waals surface area (Å²) in [6.07, 6.45) is 1.63. The first-order chi connectivity index (χ1) is 13.3. The van der Waals surface area contributed by atoms with Crippen LogP contribution in [-0.4, -0.2) is 33.7 Å². The first kappa shape index (κ1) is 21.3. The van der Waals surface area contributed by atoms with E-state index in [0.717, 1.165) is 16.1 Å². The van der Waals surface area contributed by atoms with Crippen molar-refractivity contribution >= 4 is 27.3 Å². The van der Waals surface area contributed by atoms with E-state index in [0.29, 0.717) is 17.1 Å². The number of anilines is 2. The third kappa shape index (κ3) is 5.24. The van der Waals surface area contributed by atoms with Crippen LogP contribution in [0.3, 0.4) is 0 Å². The lowest BCUT2D eigenvalue weighted by Gasteiger charge is -2.30. The second-order valence-corrected chi connectivity index (χ2v) is 8.06. The van der Waals surface area contributed by atoms with E-state index in [4.69, 9.17) is 10.00 Å². The fraction of sp³-hybridized carbons (Fsp3) is 0.300. The normalized spacial score (nSPS) is 11.9. The number of methoxy groups -OCH3 is 1. The molecule has 7 nitrogen and oxygen atoms in total. The third-order valence-electron chi connectivity index (χ3n) is 4.14. The number of ether oxygens (including phenoxy) is 1. The smallest absolute Gasteiger partial charge is 0.248 e. The van der Waals surface area contributed by atoms with Crippen molar-refractivity contribution in [2.45, 2.75) is 25.8 Å². The van der Waals surface area contributed by atoms with Gasteiger partial charge >= 0.3 is 0 Å². The van der Waals surface area contributed by atoms with Gasteiger partial charge in [0.25, 0.3) is 0 Å². The van der Waals surface area contributed by atoms with Crippen molar-refractivity contribution in [3.8, 4) is 11.8 Å². The lowest BCUT2D eigenvalue weighted by atomic mass is 10.1. The first-order valence-corrected chi connectivity index (χ1v) is 10.5. The molecule has 2 aromatic carbocycles. The molecule has 0 aromatic heterocycles. The molecule has 8 heteroatoms. The number of hydrogen-bond acceptors (Lipinski definition) is 5. The Hall–Kier alpha value is -3.05. The lowest BCUT2D eigenvalue weighted by Crippen LogP contribution is -2.47. The average molecular weight is 401 g/mol. The Balaban J connectivity index is 2.32. The number of sulfonamides is 1. The number of nitriles is 1. The molecule has 148 valence electrons. The molecule has 0 spiro atoms. The predicted molar refractivity (Wildman–Crippen MR) is 109 cm³/mol. The molecule has 28 heavy (non-hydrogen) atoms. The van der Waals surface area contributed by atoms with Crippen molar-refractivity contribution in [1.29, 1.82) is 5.26 Å². The SMILES string of the molecule is CC[C@H](C(=O)Nc1ccc(CC#N)cc1)N(c1cccc(OC)c1)S(C)(=O)=O. The number of benzene rings is 2. The van der Waals surface area contributed by atoms with Gasteiger partial charge in [0.1, 0.15) is 11.8 Å². The zero-order valence-corrected chi connectivity index (χ0v) is 16.9. The van der Waals surface area contributed by atoms with Crippen molar-refractivity contribution in [2.75, 3.05) is 23.0 Å². The van der Waals surface area contributed by atoms with Gasteiger partial charge in [0.05, 0.1) is 31.5 Å². The van der Waals surface area contributed by atoms with E-state index in [1.807, 2.05) is 0 Å². The fourth-order valence-corrected chi connectivity index (χ4v) is 4.03. The van der Waals surface area contributed by atoms with Crippen LogP contribution in [0.1, 0.15) is 18.9 Å². The Bertz CT molecular complexity index is 966. The van der Waals surface area contributed by atoms with E-state index in [1.54, 1.807) is 55.5 Å². The maximum absolute atomic E-state index is 12.9. The molecular formula is C20H23N3O4S. The molecule has 0 saturated carbocycles. The van der Waals surface area contributed by atoms with Crippen LogP contribution >= 0.6 is 0 Å². The number of amides is 1. The monoisotopic (exact) mass is 401 g/mol. The highest BCUT2D eigenvalue weighted by Gasteiger charge is 2.31. The number of nitrogens with one attached hydrogen (secondary N) is 1. The quantitative estimate of drug-likeness (QED) is 0.733. The highest BCUT2D eigenvalue weighted by molar-refractivity contribution is 7.92. The van der Waals surface area contributed by atoms with Crippen molar-refractivity contribution in [1.82, 2.24) is 0 Å². The van der Waals surface area contributed by atoms with Crippen LogP contribution in [0.5, 0.6) is 5.75 Å². The Labute approximate surface area is 165 Å². The molecule has 0 unspecified atom stereocenters. The van der Waals surface area contributed by atoms with Gasteiger partial charge in [-0.15, -0.1) is 0 Å². The molecular weight excluding hydrogens is 378 g/mol. The van der Waals surface area contributed by atoms with Crippen LogP contribution in [-0.2, 0) is 21.2 Å². The zero-order chi connectivity index (χ0) is 20.7. The van der Waals surface area contributed by atoms with Crippen LogP contribution in [0.4, 0.5) is 11.4 Å². The highest BCUT2D eigenvalue weighted by atomic mass is 32.2. The number of rotatable bonds is 8. The van der Waals surface area contributed by atoms with Crippen molar-refractivity contribution < 1.29 is 17.9 Å². The number of nitrogens with zero attached hydrogens (tertiary/aromatic N) is 2. The van der Waals surface area contributed by atoms with Crippen LogP contribution in [0, 0.1) is 11.3 Å². The Morgan fingerprint density at radius 1 is 1.25 bits per heavy atom. The molecule has 0 bridgehead atoms. The van der Waals surface area contributed by atoms with E-state index in [1.165, 1.54) is 7.11 Å². The molecule has 0 aliphatic carbocycles. The minimum Gasteiger partial charge on any atom is -0.497 e. The molecule has 1 atom stereocenters. The predicted octanol–water partition coefficient (Wildman–Crippen LogP) is 2.94. The van der Waals surface area contributed by atoms with Gasteiger partial charge in [-0.25, -0.2) is 8.42 Å². The van der Waals surface area contributed by atoms with Crippen molar-refractivity contribution in [3.63, 3.8) is 0 Å². The van der Waals surface area contributed by atoms with Gasteiger partial charge in [0, 0.05) is 11.8 Å². The molecule has 0 fully saturated rings. The van der Waals surface area contributed by atoms with Gasteiger partial charge in [-0.3, -0.25) is 9.10 Å². The lowest BCUT2D eigenvalue weighted by molar-refractivity contribution is -0.117. The topological polar surface area (TPSA) is 99.5 Å². The summed E-state index contributed by atoms with van der Waals surface area (Å²) >= 11 is 0. The van der Waals surface area contributed by atoms with E-state index < -0.39 is 22.0 Å². The number of hydrogen-bond donors (Lipinski definition) is 1. The molecule has 2 rings (SSSR count). The van der Waals surface area contributed by atoms with E-state index >= 15 is 0 Å². The Kier molecular flexibility index (Phi) is 7.01. The average Bonchev–Trinajstić information content (AvgIpc) is 2.66. The number of carbonyl (C=O) groups is 1. The third-order valence-corrected chi connectivity index (χ3v) is 5.32.